The first kappa shape index (κ1) is 19.6. The fourth-order valence-corrected chi connectivity index (χ4v) is 3.53. The first-order chi connectivity index (χ1) is 13.4. The zero-order chi connectivity index (χ0) is 20.3. The number of carbonyl (C=O) groups is 3. The van der Waals surface area contributed by atoms with Gasteiger partial charge in [-0.2, -0.15) is 0 Å². The molecule has 1 saturated heterocycles. The van der Waals surface area contributed by atoms with E-state index < -0.39 is 0 Å². The summed E-state index contributed by atoms with van der Waals surface area (Å²) < 4.78 is 0. The van der Waals surface area contributed by atoms with Crippen LogP contribution < -0.4 is 15.1 Å². The summed E-state index contributed by atoms with van der Waals surface area (Å²) in [5.74, 6) is -0.612. The Morgan fingerprint density at radius 1 is 1.18 bits per heavy atom. The molecule has 1 heterocycles. The van der Waals surface area contributed by atoms with Gasteiger partial charge in [-0.3, -0.25) is 14.4 Å². The lowest BCUT2D eigenvalue weighted by Crippen LogP contribution is -2.37. The lowest BCUT2D eigenvalue weighted by Gasteiger charge is -2.25. The quantitative estimate of drug-likeness (QED) is 0.866. The van der Waals surface area contributed by atoms with Gasteiger partial charge in [0, 0.05) is 43.5 Å². The highest BCUT2D eigenvalue weighted by Gasteiger charge is 2.37. The number of anilines is 3. The topological polar surface area (TPSA) is 69.7 Å². The lowest BCUT2D eigenvalue weighted by atomic mass is 10.1. The van der Waals surface area contributed by atoms with Crippen LogP contribution in [0.4, 0.5) is 17.1 Å². The number of carbonyl (C=O) groups excluding carboxylic acids is 3. The number of benzene rings is 2. The van der Waals surface area contributed by atoms with Gasteiger partial charge >= 0.3 is 0 Å². The highest BCUT2D eigenvalue weighted by atomic mass is 16.2. The van der Waals surface area contributed by atoms with Crippen molar-refractivity contribution in [1.82, 2.24) is 0 Å². The molecule has 2 aromatic rings. The molecule has 2 aromatic carbocycles. The average Bonchev–Trinajstić information content (AvgIpc) is 3.04. The Kier molecular flexibility index (Phi) is 5.78. The van der Waals surface area contributed by atoms with Crippen LogP contribution in [0.3, 0.4) is 0 Å². The van der Waals surface area contributed by atoms with Crippen molar-refractivity contribution >= 4 is 34.8 Å². The molecule has 1 aliphatic rings. The summed E-state index contributed by atoms with van der Waals surface area (Å²) in [6.07, 6.45) is 0.203. The monoisotopic (exact) mass is 379 g/mol. The van der Waals surface area contributed by atoms with Crippen LogP contribution in [0, 0.1) is 12.8 Å². The molecule has 0 aromatic heterocycles. The highest BCUT2D eigenvalue weighted by Crippen LogP contribution is 2.29. The summed E-state index contributed by atoms with van der Waals surface area (Å²) in [4.78, 5) is 40.1. The van der Waals surface area contributed by atoms with E-state index in [2.05, 4.69) is 5.32 Å². The molecule has 1 unspecified atom stereocenters. The van der Waals surface area contributed by atoms with Gasteiger partial charge in [-0.05, 0) is 55.8 Å². The number of amides is 3. The van der Waals surface area contributed by atoms with E-state index in [-0.39, 0.29) is 30.1 Å². The molecule has 28 heavy (non-hydrogen) atoms. The van der Waals surface area contributed by atoms with Crippen LogP contribution in [0.1, 0.15) is 25.8 Å². The maximum atomic E-state index is 13.1. The Morgan fingerprint density at radius 3 is 2.50 bits per heavy atom. The van der Waals surface area contributed by atoms with E-state index in [4.69, 9.17) is 0 Å². The number of nitrogens with one attached hydrogen (secondary N) is 1. The predicted molar refractivity (Wildman–Crippen MR) is 110 cm³/mol. The van der Waals surface area contributed by atoms with Crippen LogP contribution >= 0.6 is 0 Å². The van der Waals surface area contributed by atoms with Crippen LogP contribution in [0.2, 0.25) is 0 Å². The van der Waals surface area contributed by atoms with Crippen LogP contribution in [-0.2, 0) is 14.4 Å². The molecule has 0 spiro atoms. The zero-order valence-corrected chi connectivity index (χ0v) is 16.4. The molecular formula is C22H25N3O3. The van der Waals surface area contributed by atoms with Gasteiger partial charge in [-0.15, -0.1) is 0 Å². The van der Waals surface area contributed by atoms with E-state index in [0.717, 1.165) is 16.9 Å². The van der Waals surface area contributed by atoms with Gasteiger partial charge in [0.1, 0.15) is 0 Å². The summed E-state index contributed by atoms with van der Waals surface area (Å²) in [6.45, 7) is 6.29. The molecule has 6 nitrogen and oxygen atoms in total. The Bertz CT molecular complexity index is 892. The SMILES string of the molecule is CCN(C(=O)C1CC(=O)N(c2ccc(NC(C)=O)cc2)C1)c1cccc(C)c1. The van der Waals surface area contributed by atoms with Gasteiger partial charge in [0.25, 0.3) is 0 Å². The van der Waals surface area contributed by atoms with Crippen molar-refractivity contribution in [2.45, 2.75) is 27.2 Å². The average molecular weight is 379 g/mol. The zero-order valence-electron chi connectivity index (χ0n) is 16.4. The van der Waals surface area contributed by atoms with E-state index in [1.54, 1.807) is 34.1 Å². The number of rotatable bonds is 5. The van der Waals surface area contributed by atoms with E-state index in [1.165, 1.54) is 6.92 Å². The first-order valence-corrected chi connectivity index (χ1v) is 9.45. The highest BCUT2D eigenvalue weighted by molar-refractivity contribution is 6.04. The molecule has 0 aliphatic carbocycles. The Hall–Kier alpha value is -3.15. The number of aryl methyl sites for hydroxylation is 1. The molecule has 1 aliphatic heterocycles. The van der Waals surface area contributed by atoms with Crippen molar-refractivity contribution in [3.05, 3.63) is 54.1 Å². The molecule has 1 fully saturated rings. The van der Waals surface area contributed by atoms with Gasteiger partial charge in [-0.1, -0.05) is 12.1 Å². The fraction of sp³-hybridized carbons (Fsp3) is 0.318. The van der Waals surface area contributed by atoms with E-state index in [0.29, 0.717) is 18.8 Å². The predicted octanol–water partition coefficient (Wildman–Crippen LogP) is 3.36. The van der Waals surface area contributed by atoms with Crippen molar-refractivity contribution in [3.63, 3.8) is 0 Å². The minimum absolute atomic E-state index is 0.0289. The normalized spacial score (nSPS) is 16.2. The van der Waals surface area contributed by atoms with E-state index in [1.807, 2.05) is 38.1 Å². The molecule has 146 valence electrons. The van der Waals surface area contributed by atoms with Crippen LogP contribution in [0.25, 0.3) is 0 Å². The molecule has 3 amide bonds. The number of hydrogen-bond donors (Lipinski definition) is 1. The number of hydrogen-bond acceptors (Lipinski definition) is 3. The molecule has 6 heteroatoms. The minimum atomic E-state index is -0.372. The second kappa shape index (κ2) is 8.25. The maximum absolute atomic E-state index is 13.1. The maximum Gasteiger partial charge on any atom is 0.232 e. The Labute approximate surface area is 165 Å². The van der Waals surface area contributed by atoms with Gasteiger partial charge < -0.3 is 15.1 Å². The Balaban J connectivity index is 1.74. The third kappa shape index (κ3) is 4.22. The van der Waals surface area contributed by atoms with Crippen molar-refractivity contribution in [1.29, 1.82) is 0 Å². The van der Waals surface area contributed by atoms with Crippen LogP contribution in [0.5, 0.6) is 0 Å². The minimum Gasteiger partial charge on any atom is -0.326 e. The van der Waals surface area contributed by atoms with Crippen LogP contribution in [-0.4, -0.2) is 30.8 Å². The largest absolute Gasteiger partial charge is 0.326 e. The second-order valence-electron chi connectivity index (χ2n) is 7.05. The number of nitrogens with zero attached hydrogens (tertiary/aromatic N) is 2. The molecule has 1 N–H and O–H groups in total. The summed E-state index contributed by atoms with van der Waals surface area (Å²) in [6, 6.07) is 14.9. The van der Waals surface area contributed by atoms with Gasteiger partial charge in [0.05, 0.1) is 5.92 Å². The van der Waals surface area contributed by atoms with Crippen molar-refractivity contribution in [3.8, 4) is 0 Å². The third-order valence-electron chi connectivity index (χ3n) is 4.87. The molecule has 0 radical (unpaired) electrons. The fourth-order valence-electron chi connectivity index (χ4n) is 3.53. The van der Waals surface area contributed by atoms with Crippen molar-refractivity contribution in [2.75, 3.05) is 28.2 Å². The van der Waals surface area contributed by atoms with Gasteiger partial charge in [0.15, 0.2) is 0 Å². The third-order valence-corrected chi connectivity index (χ3v) is 4.87. The Morgan fingerprint density at radius 2 is 1.89 bits per heavy atom. The molecule has 3 rings (SSSR count). The molecule has 0 saturated carbocycles. The summed E-state index contributed by atoms with van der Waals surface area (Å²) in [5, 5.41) is 2.70. The van der Waals surface area contributed by atoms with Crippen molar-refractivity contribution in [2.24, 2.45) is 5.92 Å². The van der Waals surface area contributed by atoms with Gasteiger partial charge in [-0.25, -0.2) is 0 Å². The summed E-state index contributed by atoms with van der Waals surface area (Å²) in [5.41, 5.74) is 3.35. The molecule has 0 bridgehead atoms. The van der Waals surface area contributed by atoms with E-state index in [9.17, 15) is 14.4 Å². The van der Waals surface area contributed by atoms with Gasteiger partial charge in [0.2, 0.25) is 17.7 Å². The summed E-state index contributed by atoms with van der Waals surface area (Å²) >= 11 is 0. The molecule has 1 atom stereocenters. The second-order valence-corrected chi connectivity index (χ2v) is 7.05. The standard InChI is InChI=1S/C22H25N3O3/c1-4-24(20-7-5-6-15(2)12-20)22(28)17-13-21(27)25(14-17)19-10-8-18(9-11-19)23-16(3)26/h5-12,17H,4,13-14H2,1-3H3,(H,23,26). The van der Waals surface area contributed by atoms with Crippen LogP contribution in [0.15, 0.2) is 48.5 Å². The van der Waals surface area contributed by atoms with Crippen molar-refractivity contribution < 1.29 is 14.4 Å². The molecular weight excluding hydrogens is 354 g/mol. The lowest BCUT2D eigenvalue weighted by molar-refractivity contribution is -0.124. The van der Waals surface area contributed by atoms with E-state index >= 15 is 0 Å². The first-order valence-electron chi connectivity index (χ1n) is 9.45. The summed E-state index contributed by atoms with van der Waals surface area (Å²) in [7, 11) is 0. The smallest absolute Gasteiger partial charge is 0.232 e.